The largest absolute Gasteiger partial charge is 0.296 e. The fourth-order valence-corrected chi connectivity index (χ4v) is 2.31. The van der Waals surface area contributed by atoms with Gasteiger partial charge in [0.1, 0.15) is 4.32 Å². The lowest BCUT2D eigenvalue weighted by Gasteiger charge is -2.03. The molecule has 0 aliphatic carbocycles. The van der Waals surface area contributed by atoms with E-state index in [1.807, 2.05) is 18.2 Å². The zero-order valence-corrected chi connectivity index (χ0v) is 9.64. The molecule has 0 N–H and O–H groups in total. The number of nitrogens with zero attached hydrogens (tertiary/aromatic N) is 2. The number of carbonyl (C=O) groups excluding carboxylic acids is 1. The third-order valence-corrected chi connectivity index (χ3v) is 3.44. The van der Waals surface area contributed by atoms with Crippen molar-refractivity contribution in [2.45, 2.75) is 0 Å². The van der Waals surface area contributed by atoms with E-state index >= 15 is 0 Å². The van der Waals surface area contributed by atoms with Crippen LogP contribution < -0.4 is 0 Å². The number of pyridine rings is 1. The van der Waals surface area contributed by atoms with E-state index in [1.165, 1.54) is 16.7 Å². The Bertz CT molecular complexity index is 442. The van der Waals surface area contributed by atoms with E-state index in [-0.39, 0.29) is 5.91 Å². The first-order chi connectivity index (χ1) is 7.18. The van der Waals surface area contributed by atoms with Crippen molar-refractivity contribution in [1.29, 1.82) is 0 Å². The molecule has 2 heterocycles. The van der Waals surface area contributed by atoms with Gasteiger partial charge >= 0.3 is 0 Å². The zero-order chi connectivity index (χ0) is 10.8. The highest BCUT2D eigenvalue weighted by molar-refractivity contribution is 8.26. The highest BCUT2D eigenvalue weighted by Crippen LogP contribution is 2.30. The Balaban J connectivity index is 2.30. The number of hydrogen-bond acceptors (Lipinski definition) is 4. The monoisotopic (exact) mass is 236 g/mol. The van der Waals surface area contributed by atoms with Crippen LogP contribution in [0.5, 0.6) is 0 Å². The molecule has 5 heteroatoms. The summed E-state index contributed by atoms with van der Waals surface area (Å²) >= 11 is 6.32. The van der Waals surface area contributed by atoms with Crippen molar-refractivity contribution in [3.05, 3.63) is 35.0 Å². The second-order valence-corrected chi connectivity index (χ2v) is 4.67. The topological polar surface area (TPSA) is 33.2 Å². The molecule has 2 rings (SSSR count). The molecular formula is C10H8N2OS2. The van der Waals surface area contributed by atoms with E-state index in [2.05, 4.69) is 4.98 Å². The van der Waals surface area contributed by atoms with E-state index in [0.717, 1.165) is 5.69 Å². The molecule has 76 valence electrons. The van der Waals surface area contributed by atoms with Gasteiger partial charge in [0.25, 0.3) is 5.91 Å². The van der Waals surface area contributed by atoms with Crippen molar-refractivity contribution in [2.24, 2.45) is 0 Å². The quantitative estimate of drug-likeness (QED) is 0.551. The zero-order valence-electron chi connectivity index (χ0n) is 8.01. The maximum Gasteiger partial charge on any atom is 0.265 e. The van der Waals surface area contributed by atoms with Gasteiger partial charge in [0.05, 0.1) is 10.6 Å². The summed E-state index contributed by atoms with van der Waals surface area (Å²) in [5, 5.41) is 0. The van der Waals surface area contributed by atoms with Crippen molar-refractivity contribution in [2.75, 3.05) is 7.05 Å². The minimum atomic E-state index is -0.0596. The SMILES string of the molecule is CN1C(=O)/C(=C/c2ccccn2)SC1=S. The molecule has 0 unspecified atom stereocenters. The first-order valence-corrected chi connectivity index (χ1v) is 5.53. The summed E-state index contributed by atoms with van der Waals surface area (Å²) in [6.07, 6.45) is 3.45. The lowest BCUT2D eigenvalue weighted by Crippen LogP contribution is -2.22. The van der Waals surface area contributed by atoms with E-state index in [0.29, 0.717) is 9.23 Å². The van der Waals surface area contributed by atoms with E-state index in [9.17, 15) is 4.79 Å². The molecule has 15 heavy (non-hydrogen) atoms. The van der Waals surface area contributed by atoms with Crippen LogP contribution in [0.2, 0.25) is 0 Å². The average Bonchev–Trinajstić information content (AvgIpc) is 2.48. The highest BCUT2D eigenvalue weighted by Gasteiger charge is 2.28. The van der Waals surface area contributed by atoms with Crippen LogP contribution in [-0.2, 0) is 4.79 Å². The third-order valence-electron chi connectivity index (χ3n) is 1.95. The molecule has 0 atom stereocenters. The van der Waals surface area contributed by atoms with Gasteiger partial charge in [-0.05, 0) is 18.2 Å². The standard InChI is InChI=1S/C10H8N2OS2/c1-12-9(13)8(15-10(12)14)6-7-4-2-3-5-11-7/h2-6H,1H3/b8-6-. The predicted octanol–water partition coefficient (Wildman–Crippen LogP) is 1.91. The van der Waals surface area contributed by atoms with Crippen molar-refractivity contribution >= 4 is 40.3 Å². The van der Waals surface area contributed by atoms with Crippen LogP contribution in [0.3, 0.4) is 0 Å². The molecule has 0 spiro atoms. The van der Waals surface area contributed by atoms with E-state index in [1.54, 1.807) is 19.3 Å². The van der Waals surface area contributed by atoms with Gasteiger partial charge in [-0.2, -0.15) is 0 Å². The normalized spacial score (nSPS) is 19.0. The molecule has 0 saturated carbocycles. The van der Waals surface area contributed by atoms with Crippen molar-refractivity contribution < 1.29 is 4.79 Å². The molecule has 1 aromatic rings. The number of hydrogen-bond donors (Lipinski definition) is 0. The van der Waals surface area contributed by atoms with Crippen LogP contribution in [0, 0.1) is 0 Å². The van der Waals surface area contributed by atoms with Crippen LogP contribution in [0.1, 0.15) is 5.69 Å². The second kappa shape index (κ2) is 4.12. The Labute approximate surface area is 97.2 Å². The van der Waals surface area contributed by atoms with Crippen molar-refractivity contribution in [3.8, 4) is 0 Å². The summed E-state index contributed by atoms with van der Waals surface area (Å²) in [6, 6.07) is 5.57. The number of aromatic nitrogens is 1. The second-order valence-electron chi connectivity index (χ2n) is 3.00. The molecule has 1 aromatic heterocycles. The van der Waals surface area contributed by atoms with Gasteiger partial charge in [-0.25, -0.2) is 0 Å². The summed E-state index contributed by atoms with van der Waals surface area (Å²) in [6.45, 7) is 0. The first kappa shape index (κ1) is 10.3. The maximum absolute atomic E-state index is 11.6. The Morgan fingerprint density at radius 3 is 2.87 bits per heavy atom. The number of amides is 1. The number of thiocarbonyl (C=S) groups is 1. The lowest BCUT2D eigenvalue weighted by molar-refractivity contribution is -0.121. The molecule has 1 saturated heterocycles. The Kier molecular flexibility index (Phi) is 2.83. The van der Waals surface area contributed by atoms with Crippen LogP contribution in [0.15, 0.2) is 29.3 Å². The summed E-state index contributed by atoms with van der Waals surface area (Å²) in [7, 11) is 1.68. The minimum Gasteiger partial charge on any atom is -0.296 e. The van der Waals surface area contributed by atoms with Gasteiger partial charge in [-0.1, -0.05) is 30.0 Å². The fraction of sp³-hybridized carbons (Fsp3) is 0.100. The molecule has 0 radical (unpaired) electrons. The number of thioether (sulfide) groups is 1. The molecule has 1 amide bonds. The smallest absolute Gasteiger partial charge is 0.265 e. The molecule has 0 bridgehead atoms. The molecule has 3 nitrogen and oxygen atoms in total. The number of rotatable bonds is 1. The lowest BCUT2D eigenvalue weighted by atomic mass is 10.3. The Morgan fingerprint density at radius 1 is 1.53 bits per heavy atom. The summed E-state index contributed by atoms with van der Waals surface area (Å²) in [5.41, 5.74) is 0.770. The molecule has 1 aliphatic rings. The van der Waals surface area contributed by atoms with Crippen molar-refractivity contribution in [1.82, 2.24) is 9.88 Å². The van der Waals surface area contributed by atoms with Gasteiger partial charge < -0.3 is 0 Å². The van der Waals surface area contributed by atoms with Crippen LogP contribution in [0.4, 0.5) is 0 Å². The van der Waals surface area contributed by atoms with Crippen LogP contribution in [0.25, 0.3) is 6.08 Å². The fourth-order valence-electron chi connectivity index (χ4n) is 1.14. The highest BCUT2D eigenvalue weighted by atomic mass is 32.2. The summed E-state index contributed by atoms with van der Waals surface area (Å²) in [5.74, 6) is -0.0596. The van der Waals surface area contributed by atoms with E-state index in [4.69, 9.17) is 12.2 Å². The number of carbonyl (C=O) groups is 1. The van der Waals surface area contributed by atoms with Gasteiger partial charge in [0, 0.05) is 13.2 Å². The number of likely N-dealkylation sites (N-methyl/N-ethyl adjacent to an activating group) is 1. The Morgan fingerprint density at radius 2 is 2.33 bits per heavy atom. The van der Waals surface area contributed by atoms with Gasteiger partial charge in [-0.3, -0.25) is 14.7 Å². The molecule has 1 aliphatic heterocycles. The first-order valence-electron chi connectivity index (χ1n) is 4.31. The van der Waals surface area contributed by atoms with E-state index < -0.39 is 0 Å². The van der Waals surface area contributed by atoms with Crippen molar-refractivity contribution in [3.63, 3.8) is 0 Å². The van der Waals surface area contributed by atoms with Gasteiger partial charge in [0.15, 0.2) is 0 Å². The maximum atomic E-state index is 11.6. The molecule has 0 aromatic carbocycles. The molecule has 1 fully saturated rings. The van der Waals surface area contributed by atoms with Gasteiger partial charge in [-0.15, -0.1) is 0 Å². The third kappa shape index (κ3) is 2.08. The minimum absolute atomic E-state index is 0.0596. The van der Waals surface area contributed by atoms with Gasteiger partial charge in [0.2, 0.25) is 0 Å². The van der Waals surface area contributed by atoms with Crippen LogP contribution in [-0.4, -0.2) is 27.2 Å². The molecular weight excluding hydrogens is 228 g/mol. The summed E-state index contributed by atoms with van der Waals surface area (Å²) < 4.78 is 0.585. The predicted molar refractivity (Wildman–Crippen MR) is 65.2 cm³/mol. The van der Waals surface area contributed by atoms with Crippen LogP contribution >= 0.6 is 24.0 Å². The Hall–Kier alpha value is -1.20. The summed E-state index contributed by atoms with van der Waals surface area (Å²) in [4.78, 5) is 17.9. The average molecular weight is 236 g/mol.